The maximum atomic E-state index is 13.6. The molecule has 202 valence electrons. The van der Waals surface area contributed by atoms with Gasteiger partial charge in [-0.3, -0.25) is 9.59 Å². The number of hydrogen-bond acceptors (Lipinski definition) is 7. The standard InChI is InChI=1S/C27H25N3O7S2/c1-16-5-7-17(8-6-16)39(35,36)30-12-9-19-21(15-28(2)25(31)23(19)30)20-13-18(38(4,33)34)14-22-24(20)37-27(10-11-27)26(32)29(22)3/h5-9,12-15H,10-11H2,1-4H3. The Morgan fingerprint density at radius 1 is 0.897 bits per heavy atom. The summed E-state index contributed by atoms with van der Waals surface area (Å²) in [6.07, 6.45) is 4.95. The van der Waals surface area contributed by atoms with Crippen molar-refractivity contribution < 1.29 is 26.4 Å². The molecule has 6 rings (SSSR count). The van der Waals surface area contributed by atoms with Crippen molar-refractivity contribution in [3.8, 4) is 16.9 Å². The zero-order valence-electron chi connectivity index (χ0n) is 21.6. The third kappa shape index (κ3) is 3.73. The first-order chi connectivity index (χ1) is 18.2. The van der Waals surface area contributed by atoms with Gasteiger partial charge in [-0.2, -0.15) is 0 Å². The average molecular weight is 568 g/mol. The van der Waals surface area contributed by atoms with Gasteiger partial charge >= 0.3 is 0 Å². The minimum absolute atomic E-state index is 0.0219. The fourth-order valence-corrected chi connectivity index (χ4v) is 7.01. The van der Waals surface area contributed by atoms with E-state index in [0.717, 1.165) is 15.8 Å². The van der Waals surface area contributed by atoms with Gasteiger partial charge < -0.3 is 14.2 Å². The molecule has 1 aliphatic carbocycles. The molecule has 0 bridgehead atoms. The molecule has 1 saturated carbocycles. The number of amides is 1. The molecule has 1 spiro atoms. The van der Waals surface area contributed by atoms with Crippen molar-refractivity contribution in [1.29, 1.82) is 0 Å². The summed E-state index contributed by atoms with van der Waals surface area (Å²) in [5.74, 6) is 0.0450. The third-order valence-corrected chi connectivity index (χ3v) is 10.2. The van der Waals surface area contributed by atoms with Crippen LogP contribution in [0.1, 0.15) is 18.4 Å². The van der Waals surface area contributed by atoms with Crippen LogP contribution >= 0.6 is 0 Å². The number of fused-ring (bicyclic) bond motifs is 2. The Balaban J connectivity index is 1.67. The fourth-order valence-electron chi connectivity index (χ4n) is 5.01. The number of anilines is 1. The van der Waals surface area contributed by atoms with Crippen LogP contribution in [0, 0.1) is 6.92 Å². The van der Waals surface area contributed by atoms with Crippen LogP contribution in [0.4, 0.5) is 5.69 Å². The number of nitrogens with zero attached hydrogens (tertiary/aromatic N) is 3. The number of sulfone groups is 1. The zero-order valence-corrected chi connectivity index (χ0v) is 23.3. The van der Waals surface area contributed by atoms with Gasteiger partial charge in [0.05, 0.1) is 15.5 Å². The summed E-state index contributed by atoms with van der Waals surface area (Å²) in [6.45, 7) is 1.84. The summed E-state index contributed by atoms with van der Waals surface area (Å²) >= 11 is 0. The van der Waals surface area contributed by atoms with E-state index >= 15 is 0 Å². The molecule has 1 aliphatic heterocycles. The molecule has 0 radical (unpaired) electrons. The van der Waals surface area contributed by atoms with Crippen LogP contribution in [0.5, 0.6) is 5.75 Å². The maximum Gasteiger partial charge on any atom is 0.275 e. The molecule has 0 N–H and O–H groups in total. The number of benzene rings is 2. The molecule has 4 aromatic rings. The van der Waals surface area contributed by atoms with E-state index in [9.17, 15) is 26.4 Å². The Bertz CT molecular complexity index is 2000. The number of likely N-dealkylation sites (N-methyl/N-ethyl adjacent to an activating group) is 1. The molecule has 2 aromatic heterocycles. The number of carbonyl (C=O) groups is 1. The number of aryl methyl sites for hydroxylation is 2. The van der Waals surface area contributed by atoms with E-state index in [0.29, 0.717) is 35.1 Å². The second-order valence-electron chi connectivity index (χ2n) is 10.2. The molecule has 0 unspecified atom stereocenters. The van der Waals surface area contributed by atoms with Gasteiger partial charge in [0.15, 0.2) is 21.2 Å². The normalized spacial score (nSPS) is 16.4. The van der Waals surface area contributed by atoms with Crippen molar-refractivity contribution in [2.75, 3.05) is 18.2 Å². The summed E-state index contributed by atoms with van der Waals surface area (Å²) in [7, 11) is -4.78. The van der Waals surface area contributed by atoms with Crippen LogP contribution in [0.15, 0.2) is 69.4 Å². The number of carbonyl (C=O) groups excluding carboxylic acids is 1. The van der Waals surface area contributed by atoms with Gasteiger partial charge in [0, 0.05) is 62.1 Å². The first kappa shape index (κ1) is 25.4. The lowest BCUT2D eigenvalue weighted by Crippen LogP contribution is -2.45. The predicted molar refractivity (Wildman–Crippen MR) is 145 cm³/mol. The number of pyridine rings is 1. The highest BCUT2D eigenvalue weighted by molar-refractivity contribution is 7.90. The Morgan fingerprint density at radius 2 is 1.56 bits per heavy atom. The van der Waals surface area contributed by atoms with E-state index in [1.165, 1.54) is 59.2 Å². The Labute approximate surface area is 225 Å². The van der Waals surface area contributed by atoms with E-state index in [1.807, 2.05) is 6.92 Å². The molecule has 3 heterocycles. The van der Waals surface area contributed by atoms with Crippen molar-refractivity contribution in [1.82, 2.24) is 8.54 Å². The van der Waals surface area contributed by atoms with Gasteiger partial charge in [-0.25, -0.2) is 20.8 Å². The lowest BCUT2D eigenvalue weighted by molar-refractivity contribution is -0.127. The van der Waals surface area contributed by atoms with E-state index in [4.69, 9.17) is 4.74 Å². The highest BCUT2D eigenvalue weighted by Crippen LogP contribution is 2.53. The molecular formula is C27H25N3O7S2. The highest BCUT2D eigenvalue weighted by Gasteiger charge is 2.57. The monoisotopic (exact) mass is 567 g/mol. The van der Waals surface area contributed by atoms with Gasteiger partial charge in [-0.1, -0.05) is 17.7 Å². The van der Waals surface area contributed by atoms with Crippen LogP contribution in [0.2, 0.25) is 0 Å². The van der Waals surface area contributed by atoms with E-state index in [2.05, 4.69) is 0 Å². The second-order valence-corrected chi connectivity index (χ2v) is 14.0. The topological polar surface area (TPSA) is 125 Å². The first-order valence-corrected chi connectivity index (χ1v) is 15.5. The summed E-state index contributed by atoms with van der Waals surface area (Å²) < 4.78 is 60.9. The van der Waals surface area contributed by atoms with Crippen molar-refractivity contribution in [2.45, 2.75) is 35.2 Å². The molecule has 2 aliphatic rings. The second kappa shape index (κ2) is 8.06. The van der Waals surface area contributed by atoms with Crippen LogP contribution in [-0.4, -0.2) is 50.2 Å². The van der Waals surface area contributed by atoms with Gasteiger partial charge in [0.2, 0.25) is 0 Å². The van der Waals surface area contributed by atoms with Gasteiger partial charge in [-0.15, -0.1) is 0 Å². The van der Waals surface area contributed by atoms with Gasteiger partial charge in [0.1, 0.15) is 5.52 Å². The summed E-state index contributed by atoms with van der Waals surface area (Å²) in [4.78, 5) is 27.7. The SMILES string of the molecule is Cc1ccc(S(=O)(=O)n2ccc3c(-c4cc(S(C)(=O)=O)cc5c4OC4(CC4)C(=O)N5C)cn(C)c(=O)c32)cc1. The third-order valence-electron chi connectivity index (χ3n) is 7.38. The van der Waals surface area contributed by atoms with Crippen molar-refractivity contribution in [2.24, 2.45) is 7.05 Å². The van der Waals surface area contributed by atoms with E-state index < -0.39 is 31.0 Å². The van der Waals surface area contributed by atoms with E-state index in [1.54, 1.807) is 19.2 Å². The smallest absolute Gasteiger partial charge is 0.275 e. The number of ether oxygens (including phenoxy) is 1. The van der Waals surface area contributed by atoms with Crippen molar-refractivity contribution in [3.63, 3.8) is 0 Å². The molecule has 2 aromatic carbocycles. The van der Waals surface area contributed by atoms with Crippen LogP contribution in [0.3, 0.4) is 0 Å². The lowest BCUT2D eigenvalue weighted by Gasteiger charge is -2.34. The van der Waals surface area contributed by atoms with Gasteiger partial charge in [-0.05, 0) is 37.3 Å². The number of hydrogen-bond donors (Lipinski definition) is 0. The van der Waals surface area contributed by atoms with E-state index in [-0.39, 0.29) is 26.9 Å². The maximum absolute atomic E-state index is 13.6. The number of rotatable bonds is 4. The molecule has 0 atom stereocenters. The zero-order chi connectivity index (χ0) is 28.1. The molecule has 1 amide bonds. The summed E-state index contributed by atoms with van der Waals surface area (Å²) in [6, 6.07) is 10.7. The summed E-state index contributed by atoms with van der Waals surface area (Å²) in [5.41, 5.74) is 0.254. The fraction of sp³-hybridized carbons (Fsp3) is 0.259. The quantitative estimate of drug-likeness (QED) is 0.371. The van der Waals surface area contributed by atoms with Crippen molar-refractivity contribution >= 4 is 42.4 Å². The first-order valence-electron chi connectivity index (χ1n) is 12.1. The minimum atomic E-state index is -4.13. The predicted octanol–water partition coefficient (Wildman–Crippen LogP) is 2.84. The molecular weight excluding hydrogens is 542 g/mol. The Hall–Kier alpha value is -3.90. The summed E-state index contributed by atoms with van der Waals surface area (Å²) in [5, 5.41) is 0.301. The molecule has 12 heteroatoms. The van der Waals surface area contributed by atoms with Crippen LogP contribution in [-0.2, 0) is 31.7 Å². The molecule has 10 nitrogen and oxygen atoms in total. The average Bonchev–Trinajstić information content (AvgIpc) is 3.50. The number of aromatic nitrogens is 2. The Kier molecular flexibility index (Phi) is 5.24. The van der Waals surface area contributed by atoms with Gasteiger partial charge in [0.25, 0.3) is 21.5 Å². The lowest BCUT2D eigenvalue weighted by atomic mass is 10.00. The molecule has 1 fully saturated rings. The minimum Gasteiger partial charge on any atom is -0.475 e. The van der Waals surface area contributed by atoms with Crippen molar-refractivity contribution in [3.05, 3.63) is 70.8 Å². The van der Waals surface area contributed by atoms with Crippen LogP contribution in [0.25, 0.3) is 22.0 Å². The van der Waals surface area contributed by atoms with Crippen LogP contribution < -0.4 is 15.2 Å². The molecule has 0 saturated heterocycles. The highest BCUT2D eigenvalue weighted by atomic mass is 32.2. The largest absolute Gasteiger partial charge is 0.475 e. The molecule has 39 heavy (non-hydrogen) atoms. The Morgan fingerprint density at radius 3 is 2.18 bits per heavy atom.